The lowest BCUT2D eigenvalue weighted by Gasteiger charge is -2.27. The number of carbonyl (C=O) groups excluding carboxylic acids is 1. The van der Waals surface area contributed by atoms with E-state index in [9.17, 15) is 4.79 Å². The summed E-state index contributed by atoms with van der Waals surface area (Å²) in [5.74, 6) is 0.529. The average molecular weight is 256 g/mol. The number of halogens is 2. The minimum atomic E-state index is -0.153. The first-order valence-electron chi connectivity index (χ1n) is 5.53. The van der Waals surface area contributed by atoms with Gasteiger partial charge in [-0.15, -0.1) is 0 Å². The summed E-state index contributed by atoms with van der Waals surface area (Å²) in [6.45, 7) is 0. The van der Waals surface area contributed by atoms with E-state index >= 15 is 0 Å². The lowest BCUT2D eigenvalue weighted by Crippen LogP contribution is -2.15. The zero-order chi connectivity index (χ0) is 11.5. The van der Waals surface area contributed by atoms with Gasteiger partial charge in [-0.05, 0) is 30.0 Å². The third kappa shape index (κ3) is 2.58. The van der Waals surface area contributed by atoms with E-state index in [1.807, 2.05) is 6.07 Å². The standard InChI is InChI=1S/C13H13Cl2O/c14-12-5-4-10(7-13(12)15)11(8-16)6-9-2-1-3-9/h4-5,7,9,11H,1-3,6H2. The second kappa shape index (κ2) is 5.20. The van der Waals surface area contributed by atoms with E-state index < -0.39 is 0 Å². The monoisotopic (exact) mass is 255 g/mol. The van der Waals surface area contributed by atoms with Crippen molar-refractivity contribution in [2.75, 3.05) is 0 Å². The van der Waals surface area contributed by atoms with Gasteiger partial charge in [-0.2, -0.15) is 0 Å². The summed E-state index contributed by atoms with van der Waals surface area (Å²) in [5.41, 5.74) is 0.927. The van der Waals surface area contributed by atoms with Crippen molar-refractivity contribution >= 4 is 29.5 Å². The Bertz CT molecular complexity index is 386. The Morgan fingerprint density at radius 1 is 1.31 bits per heavy atom. The van der Waals surface area contributed by atoms with Gasteiger partial charge in [-0.3, -0.25) is 4.79 Å². The van der Waals surface area contributed by atoms with Gasteiger partial charge in [0.25, 0.3) is 0 Å². The lowest BCUT2D eigenvalue weighted by atomic mass is 9.78. The van der Waals surface area contributed by atoms with E-state index in [0.29, 0.717) is 16.0 Å². The number of benzene rings is 1. The van der Waals surface area contributed by atoms with E-state index in [0.717, 1.165) is 12.0 Å². The van der Waals surface area contributed by atoms with Gasteiger partial charge < -0.3 is 0 Å². The van der Waals surface area contributed by atoms with Crippen LogP contribution in [0, 0.1) is 5.92 Å². The van der Waals surface area contributed by atoms with Crippen molar-refractivity contribution in [1.29, 1.82) is 0 Å². The van der Waals surface area contributed by atoms with Crippen molar-refractivity contribution in [3.63, 3.8) is 0 Å². The highest BCUT2D eigenvalue weighted by Crippen LogP contribution is 2.36. The molecule has 1 fully saturated rings. The van der Waals surface area contributed by atoms with Crippen molar-refractivity contribution in [1.82, 2.24) is 0 Å². The molecule has 1 radical (unpaired) electrons. The van der Waals surface area contributed by atoms with Gasteiger partial charge in [0, 0.05) is 0 Å². The van der Waals surface area contributed by atoms with Crippen LogP contribution < -0.4 is 0 Å². The molecule has 0 N–H and O–H groups in total. The maximum Gasteiger partial charge on any atom is 0.206 e. The summed E-state index contributed by atoms with van der Waals surface area (Å²) < 4.78 is 0. The van der Waals surface area contributed by atoms with Crippen LogP contribution in [0.25, 0.3) is 0 Å². The van der Waals surface area contributed by atoms with Gasteiger partial charge >= 0.3 is 0 Å². The molecule has 0 amide bonds. The van der Waals surface area contributed by atoms with Crippen molar-refractivity contribution in [2.24, 2.45) is 5.92 Å². The van der Waals surface area contributed by atoms with Crippen LogP contribution in [0.1, 0.15) is 37.2 Å². The normalized spacial score (nSPS) is 17.9. The minimum Gasteiger partial charge on any atom is -0.290 e. The first kappa shape index (κ1) is 11.9. The Morgan fingerprint density at radius 3 is 2.56 bits per heavy atom. The van der Waals surface area contributed by atoms with Gasteiger partial charge in [0.2, 0.25) is 6.29 Å². The molecule has 1 aromatic rings. The highest BCUT2D eigenvalue weighted by atomic mass is 35.5. The van der Waals surface area contributed by atoms with Crippen molar-refractivity contribution < 1.29 is 4.79 Å². The topological polar surface area (TPSA) is 17.1 Å². The van der Waals surface area contributed by atoms with Crippen molar-refractivity contribution in [2.45, 2.75) is 31.6 Å². The predicted molar refractivity (Wildman–Crippen MR) is 66.9 cm³/mol. The molecule has 2 rings (SSSR count). The molecular formula is C13H13Cl2O. The zero-order valence-corrected chi connectivity index (χ0v) is 10.4. The summed E-state index contributed by atoms with van der Waals surface area (Å²) in [4.78, 5) is 11.0. The maximum absolute atomic E-state index is 11.0. The molecule has 1 nitrogen and oxygen atoms in total. The van der Waals surface area contributed by atoms with Crippen LogP contribution >= 0.6 is 23.2 Å². The van der Waals surface area contributed by atoms with E-state index in [2.05, 4.69) is 6.29 Å². The van der Waals surface area contributed by atoms with Crippen LogP contribution in [0.4, 0.5) is 0 Å². The summed E-state index contributed by atoms with van der Waals surface area (Å²) in [5, 5.41) is 1.03. The lowest BCUT2D eigenvalue weighted by molar-refractivity contribution is 0.289. The van der Waals surface area contributed by atoms with Gasteiger partial charge in [-0.1, -0.05) is 48.5 Å². The summed E-state index contributed by atoms with van der Waals surface area (Å²) in [6, 6.07) is 5.38. The first-order chi connectivity index (χ1) is 7.70. The third-order valence-corrected chi connectivity index (χ3v) is 4.02. The molecule has 1 aliphatic carbocycles. The summed E-state index contributed by atoms with van der Waals surface area (Å²) >= 11 is 11.8. The molecule has 0 spiro atoms. The fourth-order valence-electron chi connectivity index (χ4n) is 2.04. The van der Waals surface area contributed by atoms with Gasteiger partial charge in [0.1, 0.15) is 0 Å². The molecule has 1 atom stereocenters. The van der Waals surface area contributed by atoms with E-state index in [4.69, 9.17) is 23.2 Å². The molecular weight excluding hydrogens is 243 g/mol. The fraction of sp³-hybridized carbons (Fsp3) is 0.462. The van der Waals surface area contributed by atoms with Crippen LogP contribution in [0.2, 0.25) is 10.0 Å². The van der Waals surface area contributed by atoms with Crippen LogP contribution in [0.3, 0.4) is 0 Å². The second-order valence-corrected chi connectivity index (χ2v) is 5.19. The van der Waals surface area contributed by atoms with Crippen LogP contribution in [-0.4, -0.2) is 6.29 Å². The summed E-state index contributed by atoms with van der Waals surface area (Å²) in [7, 11) is 0. The fourth-order valence-corrected chi connectivity index (χ4v) is 2.35. The quantitative estimate of drug-likeness (QED) is 0.781. The highest BCUT2D eigenvalue weighted by molar-refractivity contribution is 6.42. The van der Waals surface area contributed by atoms with E-state index in [-0.39, 0.29) is 5.92 Å². The Hall–Kier alpha value is -0.530. The highest BCUT2D eigenvalue weighted by Gasteiger charge is 2.23. The second-order valence-electron chi connectivity index (χ2n) is 4.38. The molecule has 1 unspecified atom stereocenters. The molecule has 0 bridgehead atoms. The van der Waals surface area contributed by atoms with Gasteiger partial charge in [0.15, 0.2) is 0 Å². The van der Waals surface area contributed by atoms with E-state index in [1.165, 1.54) is 19.3 Å². The molecule has 1 saturated carbocycles. The Labute approximate surface area is 106 Å². The zero-order valence-electron chi connectivity index (χ0n) is 8.88. The van der Waals surface area contributed by atoms with Crippen molar-refractivity contribution in [3.05, 3.63) is 33.8 Å². The van der Waals surface area contributed by atoms with Gasteiger partial charge in [-0.25, -0.2) is 0 Å². The first-order valence-corrected chi connectivity index (χ1v) is 6.29. The van der Waals surface area contributed by atoms with E-state index in [1.54, 1.807) is 12.1 Å². The Morgan fingerprint density at radius 2 is 2.06 bits per heavy atom. The number of hydrogen-bond acceptors (Lipinski definition) is 1. The van der Waals surface area contributed by atoms with Crippen LogP contribution in [0.15, 0.2) is 18.2 Å². The molecule has 1 aromatic carbocycles. The smallest absolute Gasteiger partial charge is 0.206 e. The Kier molecular flexibility index (Phi) is 3.88. The van der Waals surface area contributed by atoms with Crippen LogP contribution in [0.5, 0.6) is 0 Å². The predicted octanol–water partition coefficient (Wildman–Crippen LogP) is 4.38. The van der Waals surface area contributed by atoms with Crippen molar-refractivity contribution in [3.8, 4) is 0 Å². The molecule has 0 aliphatic heterocycles. The average Bonchev–Trinajstić information content (AvgIpc) is 2.21. The molecule has 3 heteroatoms. The Balaban J connectivity index is 2.12. The SMILES string of the molecule is O=[C]C(CC1CCC1)c1ccc(Cl)c(Cl)c1. The molecule has 85 valence electrons. The maximum atomic E-state index is 11.0. The van der Waals surface area contributed by atoms with Gasteiger partial charge in [0.05, 0.1) is 16.0 Å². The molecule has 16 heavy (non-hydrogen) atoms. The largest absolute Gasteiger partial charge is 0.290 e. The molecule has 0 aromatic heterocycles. The minimum absolute atomic E-state index is 0.153. The summed E-state index contributed by atoms with van der Waals surface area (Å²) in [6.07, 6.45) is 6.76. The number of hydrogen-bond donors (Lipinski definition) is 0. The molecule has 0 heterocycles. The third-order valence-electron chi connectivity index (χ3n) is 3.28. The molecule has 1 aliphatic rings. The molecule has 0 saturated heterocycles. The number of rotatable bonds is 4. The van der Waals surface area contributed by atoms with Crippen LogP contribution in [-0.2, 0) is 4.79 Å².